The van der Waals surface area contributed by atoms with E-state index in [4.69, 9.17) is 0 Å². The summed E-state index contributed by atoms with van der Waals surface area (Å²) < 4.78 is 43.1. The van der Waals surface area contributed by atoms with Crippen LogP contribution in [0.15, 0.2) is 29.6 Å². The number of rotatable bonds is 4. The summed E-state index contributed by atoms with van der Waals surface area (Å²) in [6, 6.07) is 5.13. The Morgan fingerprint density at radius 1 is 1.38 bits per heavy atom. The van der Waals surface area contributed by atoms with Gasteiger partial charge < -0.3 is 10.1 Å². The summed E-state index contributed by atoms with van der Waals surface area (Å²) in [5, 5.41) is 4.50. The van der Waals surface area contributed by atoms with Crippen LogP contribution in [-0.4, -0.2) is 18.1 Å². The third-order valence-corrected chi connectivity index (χ3v) is 3.39. The molecule has 21 heavy (non-hydrogen) atoms. The van der Waals surface area contributed by atoms with Crippen molar-refractivity contribution in [2.24, 2.45) is 0 Å². The van der Waals surface area contributed by atoms with E-state index in [-0.39, 0.29) is 17.2 Å². The third-order valence-electron chi connectivity index (χ3n) is 2.58. The second-order valence-corrected chi connectivity index (χ2v) is 4.92. The van der Waals surface area contributed by atoms with E-state index in [2.05, 4.69) is 15.0 Å². The summed E-state index contributed by atoms with van der Waals surface area (Å²) in [7, 11) is 1.26. The number of thiazole rings is 1. The van der Waals surface area contributed by atoms with Crippen LogP contribution in [0.4, 0.5) is 24.0 Å². The molecule has 0 fully saturated rings. The number of carbonyl (C=O) groups excluding carboxylic acids is 1. The lowest BCUT2D eigenvalue weighted by Crippen LogP contribution is -2.08. The van der Waals surface area contributed by atoms with Gasteiger partial charge >= 0.3 is 12.1 Å². The van der Waals surface area contributed by atoms with Gasteiger partial charge in [0.1, 0.15) is 0 Å². The van der Waals surface area contributed by atoms with Crippen LogP contribution in [0.3, 0.4) is 0 Å². The lowest BCUT2D eigenvalue weighted by molar-refractivity contribution is -0.140. The standard InChI is InChI=1S/C13H11F3N2O2S/c1-20-11(19)6-8-7-21-12(17-8)18-10-5-3-2-4-9(10)13(14,15)16/h2-5,7H,6H2,1H3,(H,17,18). The van der Waals surface area contributed by atoms with Gasteiger partial charge in [0.15, 0.2) is 5.13 Å². The smallest absolute Gasteiger partial charge is 0.418 e. The number of methoxy groups -OCH3 is 1. The number of nitrogens with one attached hydrogen (secondary N) is 1. The fourth-order valence-electron chi connectivity index (χ4n) is 1.62. The molecule has 0 spiro atoms. The topological polar surface area (TPSA) is 51.2 Å². The maximum atomic E-state index is 12.9. The van der Waals surface area contributed by atoms with E-state index in [1.165, 1.54) is 25.3 Å². The van der Waals surface area contributed by atoms with E-state index in [0.717, 1.165) is 17.4 Å². The van der Waals surface area contributed by atoms with Crippen molar-refractivity contribution in [3.63, 3.8) is 0 Å². The van der Waals surface area contributed by atoms with Gasteiger partial charge in [0.2, 0.25) is 0 Å². The summed E-state index contributed by atoms with van der Waals surface area (Å²) in [6.07, 6.45) is -4.47. The first-order valence-electron chi connectivity index (χ1n) is 5.84. The Kier molecular flexibility index (Phi) is 4.46. The molecule has 1 heterocycles. The number of alkyl halides is 3. The Morgan fingerprint density at radius 3 is 2.76 bits per heavy atom. The molecular formula is C13H11F3N2O2S. The second-order valence-electron chi connectivity index (χ2n) is 4.07. The first kappa shape index (κ1) is 15.3. The average molecular weight is 316 g/mol. The van der Waals surface area contributed by atoms with Crippen molar-refractivity contribution in [1.29, 1.82) is 0 Å². The zero-order chi connectivity index (χ0) is 15.5. The van der Waals surface area contributed by atoms with Crippen LogP contribution in [0.1, 0.15) is 11.3 Å². The number of hydrogen-bond donors (Lipinski definition) is 1. The largest absolute Gasteiger partial charge is 0.469 e. The number of nitrogens with zero attached hydrogens (tertiary/aromatic N) is 1. The first-order chi connectivity index (χ1) is 9.90. The molecule has 0 aliphatic rings. The minimum Gasteiger partial charge on any atom is -0.469 e. The fraction of sp³-hybridized carbons (Fsp3) is 0.231. The fourth-order valence-corrected chi connectivity index (χ4v) is 2.34. The summed E-state index contributed by atoms with van der Waals surface area (Å²) in [5.41, 5.74) is -0.405. The minimum atomic E-state index is -4.45. The normalized spacial score (nSPS) is 11.2. The molecule has 0 unspecified atom stereocenters. The molecule has 0 bridgehead atoms. The Bertz CT molecular complexity index is 640. The lowest BCUT2D eigenvalue weighted by atomic mass is 10.2. The van der Waals surface area contributed by atoms with Crippen LogP contribution in [-0.2, 0) is 22.1 Å². The highest BCUT2D eigenvalue weighted by Crippen LogP contribution is 2.36. The van der Waals surface area contributed by atoms with E-state index in [0.29, 0.717) is 5.69 Å². The Balaban J connectivity index is 2.18. The minimum absolute atomic E-state index is 0.0183. The Morgan fingerprint density at radius 2 is 2.10 bits per heavy atom. The van der Waals surface area contributed by atoms with Gasteiger partial charge in [0.05, 0.1) is 30.5 Å². The van der Waals surface area contributed by atoms with Gasteiger partial charge in [-0.05, 0) is 12.1 Å². The van der Waals surface area contributed by atoms with Crippen molar-refractivity contribution in [3.05, 3.63) is 40.9 Å². The number of ether oxygens (including phenoxy) is 1. The molecule has 0 saturated heterocycles. The van der Waals surface area contributed by atoms with Crippen LogP contribution in [0.2, 0.25) is 0 Å². The number of para-hydroxylation sites is 1. The van der Waals surface area contributed by atoms with Crippen molar-refractivity contribution in [2.45, 2.75) is 12.6 Å². The lowest BCUT2D eigenvalue weighted by Gasteiger charge is -2.12. The molecule has 0 aliphatic carbocycles. The first-order valence-corrected chi connectivity index (χ1v) is 6.72. The Hall–Kier alpha value is -2.09. The molecule has 2 aromatic rings. The number of carbonyl (C=O) groups is 1. The van der Waals surface area contributed by atoms with Gasteiger partial charge in [-0.25, -0.2) is 4.98 Å². The molecule has 1 aromatic heterocycles. The molecule has 112 valence electrons. The zero-order valence-electron chi connectivity index (χ0n) is 10.9. The molecule has 1 N–H and O–H groups in total. The molecular weight excluding hydrogens is 305 g/mol. The van der Waals surface area contributed by atoms with Gasteiger partial charge in [-0.2, -0.15) is 13.2 Å². The predicted molar refractivity (Wildman–Crippen MR) is 72.6 cm³/mol. The van der Waals surface area contributed by atoms with Crippen LogP contribution < -0.4 is 5.32 Å². The molecule has 0 amide bonds. The molecule has 0 aliphatic heterocycles. The highest BCUT2D eigenvalue weighted by Gasteiger charge is 2.33. The summed E-state index contributed by atoms with van der Waals surface area (Å²) >= 11 is 1.12. The van der Waals surface area contributed by atoms with Crippen molar-refractivity contribution >= 4 is 28.1 Å². The molecule has 2 rings (SSSR count). The number of benzene rings is 1. The van der Waals surface area contributed by atoms with E-state index >= 15 is 0 Å². The van der Waals surface area contributed by atoms with E-state index in [1.54, 1.807) is 5.38 Å². The van der Waals surface area contributed by atoms with Crippen molar-refractivity contribution in [2.75, 3.05) is 12.4 Å². The van der Waals surface area contributed by atoms with Gasteiger partial charge in [-0.1, -0.05) is 12.1 Å². The molecule has 0 saturated carbocycles. The van der Waals surface area contributed by atoms with Crippen LogP contribution in [0.5, 0.6) is 0 Å². The highest BCUT2D eigenvalue weighted by molar-refractivity contribution is 7.13. The number of aromatic nitrogens is 1. The summed E-state index contributed by atoms with van der Waals surface area (Å²) in [6.45, 7) is 0. The Labute approximate surface area is 122 Å². The molecule has 1 aromatic carbocycles. The second kappa shape index (κ2) is 6.13. The van der Waals surface area contributed by atoms with Gasteiger partial charge in [-0.15, -0.1) is 11.3 Å². The quantitative estimate of drug-likeness (QED) is 0.875. The average Bonchev–Trinajstić information content (AvgIpc) is 2.85. The maximum Gasteiger partial charge on any atom is 0.418 e. The van der Waals surface area contributed by atoms with Crippen LogP contribution >= 0.6 is 11.3 Å². The van der Waals surface area contributed by atoms with Crippen LogP contribution in [0, 0.1) is 0 Å². The zero-order valence-corrected chi connectivity index (χ0v) is 11.7. The molecule has 0 radical (unpaired) electrons. The predicted octanol–water partition coefficient (Wildman–Crippen LogP) is 3.62. The monoisotopic (exact) mass is 316 g/mol. The maximum absolute atomic E-state index is 12.9. The molecule has 0 atom stereocenters. The number of anilines is 2. The van der Waals surface area contributed by atoms with E-state index in [9.17, 15) is 18.0 Å². The number of esters is 1. The van der Waals surface area contributed by atoms with Gasteiger partial charge in [0, 0.05) is 5.38 Å². The molecule has 8 heteroatoms. The SMILES string of the molecule is COC(=O)Cc1csc(Nc2ccccc2C(F)(F)F)n1. The van der Waals surface area contributed by atoms with Gasteiger partial charge in [-0.3, -0.25) is 4.79 Å². The van der Waals surface area contributed by atoms with E-state index in [1.807, 2.05) is 0 Å². The highest BCUT2D eigenvalue weighted by atomic mass is 32.1. The van der Waals surface area contributed by atoms with Crippen molar-refractivity contribution in [3.8, 4) is 0 Å². The molecule has 4 nitrogen and oxygen atoms in total. The summed E-state index contributed by atoms with van der Waals surface area (Å²) in [4.78, 5) is 15.2. The van der Waals surface area contributed by atoms with Gasteiger partial charge in [0.25, 0.3) is 0 Å². The van der Waals surface area contributed by atoms with Crippen molar-refractivity contribution in [1.82, 2.24) is 4.98 Å². The van der Waals surface area contributed by atoms with Crippen LogP contribution in [0.25, 0.3) is 0 Å². The van der Waals surface area contributed by atoms with Crippen molar-refractivity contribution < 1.29 is 22.7 Å². The summed E-state index contributed by atoms with van der Waals surface area (Å²) in [5.74, 6) is -0.456. The number of halogens is 3. The van der Waals surface area contributed by atoms with E-state index < -0.39 is 17.7 Å². The number of hydrogen-bond acceptors (Lipinski definition) is 5. The third kappa shape index (κ3) is 3.94.